The van der Waals surface area contributed by atoms with E-state index in [1.165, 1.54) is 12.5 Å². The van der Waals surface area contributed by atoms with Crippen LogP contribution in [-0.4, -0.2) is 46.3 Å². The van der Waals surface area contributed by atoms with Crippen LogP contribution in [0.25, 0.3) is 0 Å². The van der Waals surface area contributed by atoms with Crippen LogP contribution in [0, 0.1) is 5.92 Å². The average Bonchev–Trinajstić information content (AvgIpc) is 2.26. The highest BCUT2D eigenvalue weighted by molar-refractivity contribution is 5.69. The van der Waals surface area contributed by atoms with Crippen molar-refractivity contribution in [3.8, 4) is 5.88 Å². The Morgan fingerprint density at radius 3 is 2.80 bits per heavy atom. The lowest BCUT2D eigenvalue weighted by Gasteiger charge is -2.39. The second-order valence-corrected chi connectivity index (χ2v) is 5.85. The summed E-state index contributed by atoms with van der Waals surface area (Å²) in [5.41, 5.74) is 5.63. The zero-order chi connectivity index (χ0) is 14.8. The zero-order valence-corrected chi connectivity index (χ0v) is 12.0. The minimum Gasteiger partial charge on any atom is -0.476 e. The highest BCUT2D eigenvalue weighted by Crippen LogP contribution is 2.22. The number of carbonyl (C=O) groups excluding carboxylic acids is 1. The van der Waals surface area contributed by atoms with Gasteiger partial charge in [0.25, 0.3) is 0 Å². The van der Waals surface area contributed by atoms with Gasteiger partial charge >= 0.3 is 6.09 Å². The molecular weight excluding hydrogens is 260 g/mol. The van der Waals surface area contributed by atoms with Crippen molar-refractivity contribution in [1.29, 1.82) is 0 Å². The first-order valence-electron chi connectivity index (χ1n) is 6.51. The van der Waals surface area contributed by atoms with E-state index < -0.39 is 5.60 Å². The van der Waals surface area contributed by atoms with Gasteiger partial charge in [-0.2, -0.15) is 0 Å². The Balaban J connectivity index is 1.72. The van der Waals surface area contributed by atoms with E-state index in [2.05, 4.69) is 9.97 Å². The zero-order valence-electron chi connectivity index (χ0n) is 12.0. The van der Waals surface area contributed by atoms with Crippen molar-refractivity contribution in [2.45, 2.75) is 26.4 Å². The van der Waals surface area contributed by atoms with E-state index in [0.717, 1.165) is 0 Å². The minimum atomic E-state index is -0.464. The number of anilines is 1. The van der Waals surface area contributed by atoms with Crippen molar-refractivity contribution >= 4 is 11.8 Å². The van der Waals surface area contributed by atoms with Gasteiger partial charge in [-0.15, -0.1) is 0 Å². The van der Waals surface area contributed by atoms with Crippen LogP contribution in [0.2, 0.25) is 0 Å². The predicted molar refractivity (Wildman–Crippen MR) is 73.2 cm³/mol. The molecule has 0 aromatic carbocycles. The number of carbonyl (C=O) groups is 1. The number of nitrogen functional groups attached to an aromatic ring is 1. The third-order valence-electron chi connectivity index (χ3n) is 2.77. The molecular formula is C13H20N4O3. The monoisotopic (exact) mass is 280 g/mol. The summed E-state index contributed by atoms with van der Waals surface area (Å²) < 4.78 is 10.8. The molecule has 0 unspecified atom stereocenters. The van der Waals surface area contributed by atoms with Crippen molar-refractivity contribution in [3.63, 3.8) is 0 Å². The van der Waals surface area contributed by atoms with Crippen LogP contribution >= 0.6 is 0 Å². The molecule has 0 spiro atoms. The number of amides is 1. The van der Waals surface area contributed by atoms with Gasteiger partial charge in [-0.05, 0) is 20.8 Å². The second kappa shape index (κ2) is 5.52. The van der Waals surface area contributed by atoms with Crippen molar-refractivity contribution in [3.05, 3.63) is 12.5 Å². The minimum absolute atomic E-state index is 0.275. The molecule has 110 valence electrons. The van der Waals surface area contributed by atoms with Crippen LogP contribution in [0.3, 0.4) is 0 Å². The molecule has 0 saturated carbocycles. The van der Waals surface area contributed by atoms with Crippen LogP contribution in [0.1, 0.15) is 20.8 Å². The Kier molecular flexibility index (Phi) is 3.96. The van der Waals surface area contributed by atoms with Crippen molar-refractivity contribution in [2.24, 2.45) is 5.92 Å². The van der Waals surface area contributed by atoms with Crippen LogP contribution < -0.4 is 10.5 Å². The summed E-state index contributed by atoms with van der Waals surface area (Å²) >= 11 is 0. The van der Waals surface area contributed by atoms with Crippen LogP contribution in [0.5, 0.6) is 5.88 Å². The number of hydrogen-bond donors (Lipinski definition) is 1. The molecule has 0 atom stereocenters. The standard InChI is InChI=1S/C13H20N4O3/c1-13(2,3)20-12(18)17-5-9(6-17)7-19-11-10(14)4-15-8-16-11/h4,8-9H,5-7,14H2,1-3H3. The van der Waals surface area contributed by atoms with Gasteiger partial charge < -0.3 is 20.1 Å². The fourth-order valence-electron chi connectivity index (χ4n) is 1.80. The van der Waals surface area contributed by atoms with Gasteiger partial charge in [0.05, 0.1) is 12.8 Å². The van der Waals surface area contributed by atoms with Crippen molar-refractivity contribution in [1.82, 2.24) is 14.9 Å². The number of nitrogens with two attached hydrogens (primary N) is 1. The molecule has 1 aliphatic heterocycles. The van der Waals surface area contributed by atoms with Gasteiger partial charge in [-0.25, -0.2) is 14.8 Å². The normalized spacial score (nSPS) is 15.7. The average molecular weight is 280 g/mol. The van der Waals surface area contributed by atoms with Gasteiger partial charge in [0.15, 0.2) is 0 Å². The lowest BCUT2D eigenvalue weighted by Crippen LogP contribution is -2.53. The fourth-order valence-corrected chi connectivity index (χ4v) is 1.80. The highest BCUT2D eigenvalue weighted by Gasteiger charge is 2.34. The van der Waals surface area contributed by atoms with Gasteiger partial charge in [0, 0.05) is 19.0 Å². The maximum absolute atomic E-state index is 11.7. The second-order valence-electron chi connectivity index (χ2n) is 5.85. The number of nitrogens with zero attached hydrogens (tertiary/aromatic N) is 3. The van der Waals surface area contributed by atoms with Crippen LogP contribution in [0.15, 0.2) is 12.5 Å². The summed E-state index contributed by atoms with van der Waals surface area (Å²) in [7, 11) is 0. The first-order chi connectivity index (χ1) is 9.35. The summed E-state index contributed by atoms with van der Waals surface area (Å²) in [6, 6.07) is 0. The van der Waals surface area contributed by atoms with E-state index in [-0.39, 0.29) is 12.0 Å². The highest BCUT2D eigenvalue weighted by atomic mass is 16.6. The number of hydrogen-bond acceptors (Lipinski definition) is 6. The molecule has 1 saturated heterocycles. The Morgan fingerprint density at radius 1 is 1.50 bits per heavy atom. The lowest BCUT2D eigenvalue weighted by molar-refractivity contribution is -0.00803. The molecule has 20 heavy (non-hydrogen) atoms. The lowest BCUT2D eigenvalue weighted by atomic mass is 10.0. The summed E-state index contributed by atoms with van der Waals surface area (Å²) in [4.78, 5) is 21.1. The third-order valence-corrected chi connectivity index (χ3v) is 2.77. The summed E-state index contributed by atoms with van der Waals surface area (Å²) in [5, 5.41) is 0. The van der Waals surface area contributed by atoms with Crippen LogP contribution in [-0.2, 0) is 4.74 Å². The molecule has 0 radical (unpaired) electrons. The Labute approximate surface area is 118 Å². The number of likely N-dealkylation sites (tertiary alicyclic amines) is 1. The topological polar surface area (TPSA) is 90.6 Å². The van der Waals surface area contributed by atoms with E-state index in [1.54, 1.807) is 4.90 Å². The van der Waals surface area contributed by atoms with E-state index in [4.69, 9.17) is 15.2 Å². The first-order valence-corrected chi connectivity index (χ1v) is 6.51. The molecule has 7 heteroatoms. The smallest absolute Gasteiger partial charge is 0.410 e. The summed E-state index contributed by atoms with van der Waals surface area (Å²) in [6.07, 6.45) is 2.60. The Hall–Kier alpha value is -2.05. The maximum atomic E-state index is 11.7. The molecule has 0 bridgehead atoms. The van der Waals surface area contributed by atoms with Gasteiger partial charge in [-0.3, -0.25) is 0 Å². The fraction of sp³-hybridized carbons (Fsp3) is 0.615. The van der Waals surface area contributed by atoms with Crippen molar-refractivity contribution < 1.29 is 14.3 Å². The first kappa shape index (κ1) is 14.4. The summed E-state index contributed by atoms with van der Waals surface area (Å²) in [5.74, 6) is 0.660. The largest absolute Gasteiger partial charge is 0.476 e. The van der Waals surface area contributed by atoms with E-state index in [0.29, 0.717) is 31.3 Å². The maximum Gasteiger partial charge on any atom is 0.410 e. The molecule has 1 aromatic heterocycles. The van der Waals surface area contributed by atoms with Crippen LogP contribution in [0.4, 0.5) is 10.5 Å². The molecule has 2 heterocycles. The van der Waals surface area contributed by atoms with E-state index >= 15 is 0 Å². The summed E-state index contributed by atoms with van der Waals surface area (Å²) in [6.45, 7) is 7.27. The quantitative estimate of drug-likeness (QED) is 0.897. The predicted octanol–water partition coefficient (Wildman–Crippen LogP) is 1.30. The molecule has 1 amide bonds. The molecule has 7 nitrogen and oxygen atoms in total. The number of aromatic nitrogens is 2. The number of rotatable bonds is 3. The SMILES string of the molecule is CC(C)(C)OC(=O)N1CC(COc2ncncc2N)C1. The molecule has 1 fully saturated rings. The van der Waals surface area contributed by atoms with Gasteiger partial charge in [0.2, 0.25) is 5.88 Å². The Bertz CT molecular complexity index is 481. The molecule has 1 aromatic rings. The molecule has 1 aliphatic rings. The third kappa shape index (κ3) is 3.72. The van der Waals surface area contributed by atoms with Gasteiger partial charge in [0.1, 0.15) is 17.6 Å². The molecule has 2 rings (SSSR count). The van der Waals surface area contributed by atoms with Crippen molar-refractivity contribution in [2.75, 3.05) is 25.4 Å². The van der Waals surface area contributed by atoms with E-state index in [1.807, 2.05) is 20.8 Å². The molecule has 2 N–H and O–H groups in total. The van der Waals surface area contributed by atoms with Gasteiger partial charge in [-0.1, -0.05) is 0 Å². The molecule has 0 aliphatic carbocycles. The Morgan fingerprint density at radius 2 is 2.20 bits per heavy atom. The van der Waals surface area contributed by atoms with E-state index in [9.17, 15) is 4.79 Å². The number of ether oxygens (including phenoxy) is 2.